The number of nitrogens with one attached hydrogen (secondary N) is 1. The van der Waals surface area contributed by atoms with Gasteiger partial charge in [0.05, 0.1) is 0 Å². The molecule has 0 aromatic heterocycles. The van der Waals surface area contributed by atoms with Crippen molar-refractivity contribution in [2.24, 2.45) is 5.41 Å². The van der Waals surface area contributed by atoms with Crippen molar-refractivity contribution < 1.29 is 4.79 Å². The number of rotatable bonds is 4. The maximum Gasteiger partial charge on any atom is 0.223 e. The van der Waals surface area contributed by atoms with Gasteiger partial charge in [-0.05, 0) is 35.8 Å². The highest BCUT2D eigenvalue weighted by Gasteiger charge is 2.38. The molecule has 2 aliphatic rings. The van der Waals surface area contributed by atoms with E-state index in [4.69, 9.17) is 0 Å². The van der Waals surface area contributed by atoms with Crippen molar-refractivity contribution in [1.29, 1.82) is 0 Å². The normalized spacial score (nSPS) is 23.3. The first-order chi connectivity index (χ1) is 10.1. The van der Waals surface area contributed by atoms with Gasteiger partial charge >= 0.3 is 0 Å². The number of nitrogens with zero attached hydrogens (tertiary/aromatic N) is 1. The summed E-state index contributed by atoms with van der Waals surface area (Å²) in [6, 6.07) is 9.05. The molecule has 3 nitrogen and oxygen atoms in total. The molecular weight excluding hydrogens is 260 g/mol. The summed E-state index contributed by atoms with van der Waals surface area (Å²) in [5.41, 5.74) is 3.09. The molecule has 1 amide bonds. The summed E-state index contributed by atoms with van der Waals surface area (Å²) in [7, 11) is 0. The Labute approximate surface area is 127 Å². The standard InChI is InChI=1S/C18H26N2O/c1-18(2)13-14-7-3-4-8-15(14)17(18)19-10-9-16(21)20-11-5-6-12-20/h3-4,7-8,17,19H,5-6,9-13H2,1-2H3. The van der Waals surface area contributed by atoms with E-state index in [1.807, 2.05) is 4.90 Å². The number of fused-ring (bicyclic) bond motifs is 1. The maximum absolute atomic E-state index is 12.1. The van der Waals surface area contributed by atoms with Gasteiger partial charge in [0.15, 0.2) is 0 Å². The van der Waals surface area contributed by atoms with Crippen molar-refractivity contribution >= 4 is 5.91 Å². The van der Waals surface area contributed by atoms with E-state index in [2.05, 4.69) is 43.4 Å². The molecule has 0 spiro atoms. The van der Waals surface area contributed by atoms with Crippen LogP contribution in [-0.2, 0) is 11.2 Å². The fourth-order valence-corrected chi connectivity index (χ4v) is 3.83. The van der Waals surface area contributed by atoms with E-state index in [0.29, 0.717) is 18.4 Å². The summed E-state index contributed by atoms with van der Waals surface area (Å²) in [5.74, 6) is 0.309. The Morgan fingerprint density at radius 1 is 1.29 bits per heavy atom. The van der Waals surface area contributed by atoms with Gasteiger partial charge in [-0.1, -0.05) is 38.1 Å². The van der Waals surface area contributed by atoms with E-state index in [0.717, 1.165) is 26.1 Å². The molecule has 1 N–H and O–H groups in total. The van der Waals surface area contributed by atoms with Crippen LogP contribution in [0.15, 0.2) is 24.3 Å². The highest BCUT2D eigenvalue weighted by atomic mass is 16.2. The molecule has 3 rings (SSSR count). The third kappa shape index (κ3) is 2.98. The first-order valence-electron chi connectivity index (χ1n) is 8.17. The zero-order chi connectivity index (χ0) is 14.9. The third-order valence-electron chi connectivity index (χ3n) is 4.94. The number of likely N-dealkylation sites (tertiary alicyclic amines) is 1. The summed E-state index contributed by atoms with van der Waals surface area (Å²) >= 11 is 0. The minimum Gasteiger partial charge on any atom is -0.343 e. The van der Waals surface area contributed by atoms with Crippen LogP contribution in [-0.4, -0.2) is 30.4 Å². The largest absolute Gasteiger partial charge is 0.343 e. The number of hydrogen-bond donors (Lipinski definition) is 1. The second-order valence-electron chi connectivity index (χ2n) is 7.09. The molecule has 0 radical (unpaired) electrons. The molecule has 1 unspecified atom stereocenters. The van der Waals surface area contributed by atoms with E-state index in [-0.39, 0.29) is 5.41 Å². The zero-order valence-electron chi connectivity index (χ0n) is 13.2. The minimum absolute atomic E-state index is 0.223. The predicted molar refractivity (Wildman–Crippen MR) is 85.1 cm³/mol. The molecule has 1 aromatic carbocycles. The minimum atomic E-state index is 0.223. The Morgan fingerprint density at radius 3 is 2.76 bits per heavy atom. The van der Waals surface area contributed by atoms with Crippen molar-refractivity contribution in [2.75, 3.05) is 19.6 Å². The molecule has 1 aromatic rings. The molecule has 1 atom stereocenters. The lowest BCUT2D eigenvalue weighted by Crippen LogP contribution is -2.35. The number of hydrogen-bond acceptors (Lipinski definition) is 2. The quantitative estimate of drug-likeness (QED) is 0.923. The lowest BCUT2D eigenvalue weighted by atomic mass is 9.85. The third-order valence-corrected chi connectivity index (χ3v) is 4.94. The zero-order valence-corrected chi connectivity index (χ0v) is 13.2. The number of amides is 1. The van der Waals surface area contributed by atoms with Gasteiger partial charge in [0.2, 0.25) is 5.91 Å². The monoisotopic (exact) mass is 286 g/mol. The first kappa shape index (κ1) is 14.6. The second-order valence-corrected chi connectivity index (χ2v) is 7.09. The van der Waals surface area contributed by atoms with Crippen molar-refractivity contribution in [1.82, 2.24) is 10.2 Å². The number of carbonyl (C=O) groups is 1. The van der Waals surface area contributed by atoms with Crippen LogP contribution in [0.4, 0.5) is 0 Å². The summed E-state index contributed by atoms with van der Waals surface area (Å²) in [4.78, 5) is 14.1. The smallest absolute Gasteiger partial charge is 0.223 e. The first-order valence-corrected chi connectivity index (χ1v) is 8.17. The SMILES string of the molecule is CC1(C)Cc2ccccc2C1NCCC(=O)N1CCCC1. The van der Waals surface area contributed by atoms with Gasteiger partial charge in [-0.15, -0.1) is 0 Å². The van der Waals surface area contributed by atoms with Crippen LogP contribution in [0.2, 0.25) is 0 Å². The van der Waals surface area contributed by atoms with Gasteiger partial charge in [-0.2, -0.15) is 0 Å². The second kappa shape index (κ2) is 5.80. The van der Waals surface area contributed by atoms with Crippen molar-refractivity contribution in [3.05, 3.63) is 35.4 Å². The van der Waals surface area contributed by atoms with E-state index in [9.17, 15) is 4.79 Å². The van der Waals surface area contributed by atoms with E-state index in [1.54, 1.807) is 0 Å². The van der Waals surface area contributed by atoms with Crippen LogP contribution >= 0.6 is 0 Å². The predicted octanol–water partition coefficient (Wildman–Crippen LogP) is 2.91. The molecule has 0 saturated carbocycles. The molecule has 21 heavy (non-hydrogen) atoms. The molecule has 1 saturated heterocycles. The topological polar surface area (TPSA) is 32.3 Å². The fourth-order valence-electron chi connectivity index (χ4n) is 3.83. The van der Waals surface area contributed by atoms with Gasteiger partial charge in [0.25, 0.3) is 0 Å². The average Bonchev–Trinajstić information content (AvgIpc) is 3.05. The average molecular weight is 286 g/mol. The maximum atomic E-state index is 12.1. The highest BCUT2D eigenvalue weighted by molar-refractivity contribution is 5.76. The van der Waals surface area contributed by atoms with Gasteiger partial charge in [0.1, 0.15) is 0 Å². The summed E-state index contributed by atoms with van der Waals surface area (Å²) in [5, 5.41) is 3.63. The van der Waals surface area contributed by atoms with Crippen LogP contribution in [0.3, 0.4) is 0 Å². The Morgan fingerprint density at radius 2 is 2.00 bits per heavy atom. The van der Waals surface area contributed by atoms with Crippen LogP contribution < -0.4 is 5.32 Å². The molecule has 1 heterocycles. The van der Waals surface area contributed by atoms with Crippen LogP contribution in [0.25, 0.3) is 0 Å². The molecule has 1 fully saturated rings. The Kier molecular flexibility index (Phi) is 4.03. The van der Waals surface area contributed by atoms with Crippen LogP contribution in [0, 0.1) is 5.41 Å². The van der Waals surface area contributed by atoms with E-state index >= 15 is 0 Å². The Bertz CT molecular complexity index is 518. The molecule has 3 heteroatoms. The number of benzene rings is 1. The van der Waals surface area contributed by atoms with Gasteiger partial charge in [0, 0.05) is 32.1 Å². The van der Waals surface area contributed by atoms with Gasteiger partial charge in [-0.25, -0.2) is 0 Å². The van der Waals surface area contributed by atoms with E-state index in [1.165, 1.54) is 24.0 Å². The lowest BCUT2D eigenvalue weighted by molar-refractivity contribution is -0.130. The Balaban J connectivity index is 1.58. The summed E-state index contributed by atoms with van der Waals surface area (Å²) in [6.07, 6.45) is 4.07. The van der Waals surface area contributed by atoms with Gasteiger partial charge in [-0.3, -0.25) is 4.79 Å². The molecule has 0 bridgehead atoms. The molecular formula is C18H26N2O. The molecule has 114 valence electrons. The van der Waals surface area contributed by atoms with Crippen LogP contribution in [0.1, 0.15) is 50.3 Å². The van der Waals surface area contributed by atoms with Gasteiger partial charge < -0.3 is 10.2 Å². The lowest BCUT2D eigenvalue weighted by Gasteiger charge is -2.29. The fraction of sp³-hybridized carbons (Fsp3) is 0.611. The molecule has 1 aliphatic heterocycles. The summed E-state index contributed by atoms with van der Waals surface area (Å²) in [6.45, 7) is 7.31. The van der Waals surface area contributed by atoms with E-state index < -0.39 is 0 Å². The van der Waals surface area contributed by atoms with Crippen LogP contribution in [0.5, 0.6) is 0 Å². The van der Waals surface area contributed by atoms with Crippen molar-refractivity contribution in [3.8, 4) is 0 Å². The van der Waals surface area contributed by atoms with Crippen molar-refractivity contribution in [3.63, 3.8) is 0 Å². The highest BCUT2D eigenvalue weighted by Crippen LogP contribution is 2.44. The number of carbonyl (C=O) groups excluding carboxylic acids is 1. The van der Waals surface area contributed by atoms with Crippen molar-refractivity contribution in [2.45, 2.75) is 45.6 Å². The Hall–Kier alpha value is -1.35. The molecule has 1 aliphatic carbocycles. The summed E-state index contributed by atoms with van der Waals surface area (Å²) < 4.78 is 0.